The monoisotopic (exact) mass is 258 g/mol. The maximum atomic E-state index is 11.6. The van der Waals surface area contributed by atoms with E-state index in [2.05, 4.69) is 0 Å². The molecule has 3 rings (SSSR count). The summed E-state index contributed by atoms with van der Waals surface area (Å²) >= 11 is 0. The fourth-order valence-corrected chi connectivity index (χ4v) is 1.91. The minimum atomic E-state index is -0.510. The number of hydrogen-bond acceptors (Lipinski definition) is 5. The Hall–Kier alpha value is -2.56. The van der Waals surface area contributed by atoms with E-state index in [9.17, 15) is 9.59 Å². The maximum Gasteiger partial charge on any atom is 0.374 e. The van der Waals surface area contributed by atoms with Gasteiger partial charge in [0.2, 0.25) is 5.76 Å². The molecule has 0 spiro atoms. The number of ether oxygens (including phenoxy) is 1. The molecule has 0 unspecified atom stereocenters. The molecule has 0 aliphatic carbocycles. The molecule has 0 N–H and O–H groups in total. The van der Waals surface area contributed by atoms with Crippen LogP contribution in [-0.4, -0.2) is 12.6 Å². The van der Waals surface area contributed by atoms with Gasteiger partial charge in [-0.05, 0) is 25.1 Å². The summed E-state index contributed by atoms with van der Waals surface area (Å²) in [6.07, 6.45) is 0. The van der Waals surface area contributed by atoms with Crippen LogP contribution in [0.2, 0.25) is 0 Å². The van der Waals surface area contributed by atoms with Crippen LogP contribution >= 0.6 is 0 Å². The van der Waals surface area contributed by atoms with E-state index in [1.165, 1.54) is 6.07 Å². The third-order valence-electron chi connectivity index (χ3n) is 2.73. The van der Waals surface area contributed by atoms with E-state index >= 15 is 0 Å². The molecule has 0 saturated heterocycles. The summed E-state index contributed by atoms with van der Waals surface area (Å²) in [5, 5.41) is 1.52. The van der Waals surface area contributed by atoms with Crippen molar-refractivity contribution >= 4 is 27.9 Å². The van der Waals surface area contributed by atoms with Crippen LogP contribution in [0, 0.1) is 0 Å². The van der Waals surface area contributed by atoms with Crippen LogP contribution in [0.25, 0.3) is 21.9 Å². The van der Waals surface area contributed by atoms with Crippen molar-refractivity contribution in [3.05, 3.63) is 46.5 Å². The lowest BCUT2D eigenvalue weighted by molar-refractivity contribution is 0.0492. The van der Waals surface area contributed by atoms with E-state index in [0.717, 1.165) is 10.8 Å². The van der Waals surface area contributed by atoms with Crippen molar-refractivity contribution in [1.82, 2.24) is 0 Å². The quantitative estimate of drug-likeness (QED) is 0.522. The van der Waals surface area contributed by atoms with Gasteiger partial charge in [-0.1, -0.05) is 0 Å². The number of carbonyl (C=O) groups is 1. The molecule has 0 saturated carbocycles. The zero-order valence-electron chi connectivity index (χ0n) is 10.1. The minimum Gasteiger partial charge on any atom is -0.460 e. The van der Waals surface area contributed by atoms with Crippen LogP contribution in [-0.2, 0) is 4.74 Å². The first-order chi connectivity index (χ1) is 9.17. The topological polar surface area (TPSA) is 69.7 Å². The van der Waals surface area contributed by atoms with E-state index in [1.54, 1.807) is 31.2 Å². The molecule has 0 atom stereocenters. The second-order valence-corrected chi connectivity index (χ2v) is 4.01. The minimum absolute atomic E-state index is 0.134. The van der Waals surface area contributed by atoms with Crippen molar-refractivity contribution in [2.75, 3.05) is 6.61 Å². The lowest BCUT2D eigenvalue weighted by Crippen LogP contribution is -2.02. The molecule has 0 fully saturated rings. The highest BCUT2D eigenvalue weighted by Gasteiger charge is 2.14. The lowest BCUT2D eigenvalue weighted by Gasteiger charge is -1.95. The second-order valence-electron chi connectivity index (χ2n) is 4.01. The Morgan fingerprint density at radius 1 is 1.11 bits per heavy atom. The number of rotatable bonds is 2. The molecule has 19 heavy (non-hydrogen) atoms. The zero-order valence-corrected chi connectivity index (χ0v) is 10.1. The Morgan fingerprint density at radius 3 is 2.68 bits per heavy atom. The number of benzene rings is 1. The summed E-state index contributed by atoms with van der Waals surface area (Å²) < 4.78 is 15.3. The highest BCUT2D eigenvalue weighted by Crippen LogP contribution is 2.25. The van der Waals surface area contributed by atoms with Gasteiger partial charge in [0.05, 0.1) is 6.61 Å². The summed E-state index contributed by atoms with van der Waals surface area (Å²) in [4.78, 5) is 22.7. The summed E-state index contributed by atoms with van der Waals surface area (Å²) in [6, 6.07) is 8.00. The smallest absolute Gasteiger partial charge is 0.374 e. The zero-order chi connectivity index (χ0) is 13.4. The van der Waals surface area contributed by atoms with Crippen molar-refractivity contribution in [2.24, 2.45) is 0 Å². The maximum absolute atomic E-state index is 11.6. The molecule has 1 aromatic carbocycles. The van der Waals surface area contributed by atoms with E-state index in [0.29, 0.717) is 11.2 Å². The molecule has 5 nitrogen and oxygen atoms in total. The molecule has 96 valence electrons. The van der Waals surface area contributed by atoms with Crippen molar-refractivity contribution in [1.29, 1.82) is 0 Å². The second kappa shape index (κ2) is 4.28. The fourth-order valence-electron chi connectivity index (χ4n) is 1.91. The molecular formula is C14H10O5. The predicted molar refractivity (Wildman–Crippen MR) is 68.2 cm³/mol. The van der Waals surface area contributed by atoms with Crippen LogP contribution in [0.4, 0.5) is 0 Å². The average Bonchev–Trinajstić information content (AvgIpc) is 2.79. The van der Waals surface area contributed by atoms with Gasteiger partial charge in [0, 0.05) is 22.9 Å². The SMILES string of the molecule is CCOC(=O)c1cc2cc3ccc(=O)oc3cc2o1. The summed E-state index contributed by atoms with van der Waals surface area (Å²) in [5.41, 5.74) is 0.471. The van der Waals surface area contributed by atoms with Gasteiger partial charge in [0.25, 0.3) is 0 Å². The molecular weight excluding hydrogens is 248 g/mol. The Balaban J connectivity index is 2.19. The van der Waals surface area contributed by atoms with Crippen molar-refractivity contribution in [3.63, 3.8) is 0 Å². The van der Waals surface area contributed by atoms with Crippen molar-refractivity contribution < 1.29 is 18.4 Å². The van der Waals surface area contributed by atoms with E-state index < -0.39 is 11.6 Å². The molecule has 0 aliphatic heterocycles. The molecule has 2 aromatic heterocycles. The number of carbonyl (C=O) groups excluding carboxylic acids is 1. The summed E-state index contributed by atoms with van der Waals surface area (Å²) in [5.74, 6) is -0.376. The van der Waals surface area contributed by atoms with Crippen molar-refractivity contribution in [2.45, 2.75) is 6.92 Å². The Labute approximate surface area is 107 Å². The first-order valence-corrected chi connectivity index (χ1v) is 5.82. The van der Waals surface area contributed by atoms with Gasteiger partial charge >= 0.3 is 11.6 Å². The lowest BCUT2D eigenvalue weighted by atomic mass is 10.2. The van der Waals surface area contributed by atoms with Crippen LogP contribution in [0.15, 0.2) is 44.0 Å². The number of furan rings is 1. The third-order valence-corrected chi connectivity index (χ3v) is 2.73. The Bertz CT molecular complexity index is 825. The van der Waals surface area contributed by atoms with Gasteiger partial charge in [-0.25, -0.2) is 9.59 Å². The van der Waals surface area contributed by atoms with Gasteiger partial charge in [0.1, 0.15) is 11.2 Å². The van der Waals surface area contributed by atoms with Crippen LogP contribution in [0.1, 0.15) is 17.5 Å². The Morgan fingerprint density at radius 2 is 1.89 bits per heavy atom. The van der Waals surface area contributed by atoms with Crippen LogP contribution in [0.5, 0.6) is 0 Å². The summed E-state index contributed by atoms with van der Waals surface area (Å²) in [6.45, 7) is 2.01. The number of fused-ring (bicyclic) bond motifs is 2. The highest BCUT2D eigenvalue weighted by atomic mass is 16.5. The van der Waals surface area contributed by atoms with Gasteiger partial charge in [-0.3, -0.25) is 0 Å². The normalized spacial score (nSPS) is 11.0. The highest BCUT2D eigenvalue weighted by molar-refractivity contribution is 5.97. The molecule has 0 aliphatic rings. The predicted octanol–water partition coefficient (Wildman–Crippen LogP) is 2.72. The molecule has 0 radical (unpaired) electrons. The van der Waals surface area contributed by atoms with Gasteiger partial charge in [-0.15, -0.1) is 0 Å². The van der Waals surface area contributed by atoms with E-state index in [1.807, 2.05) is 0 Å². The van der Waals surface area contributed by atoms with Gasteiger partial charge in [-0.2, -0.15) is 0 Å². The molecule has 0 bridgehead atoms. The molecule has 3 aromatic rings. The van der Waals surface area contributed by atoms with E-state index in [-0.39, 0.29) is 12.4 Å². The molecule has 5 heteroatoms. The molecule has 0 amide bonds. The largest absolute Gasteiger partial charge is 0.460 e. The van der Waals surface area contributed by atoms with Gasteiger partial charge in [0.15, 0.2) is 0 Å². The summed E-state index contributed by atoms with van der Waals surface area (Å²) in [7, 11) is 0. The van der Waals surface area contributed by atoms with Gasteiger partial charge < -0.3 is 13.6 Å². The fraction of sp³-hybridized carbons (Fsp3) is 0.143. The van der Waals surface area contributed by atoms with Crippen molar-refractivity contribution in [3.8, 4) is 0 Å². The van der Waals surface area contributed by atoms with Crippen LogP contribution < -0.4 is 5.63 Å². The third kappa shape index (κ3) is 1.99. The van der Waals surface area contributed by atoms with Crippen LogP contribution in [0.3, 0.4) is 0 Å². The standard InChI is InChI=1S/C14H10O5/c1-2-17-14(16)12-6-9-5-8-3-4-13(15)19-10(8)7-11(9)18-12/h3-7H,2H2,1H3. The molecule has 2 heterocycles. The average molecular weight is 258 g/mol. The first kappa shape index (κ1) is 11.5. The van der Waals surface area contributed by atoms with E-state index in [4.69, 9.17) is 13.6 Å². The number of hydrogen-bond donors (Lipinski definition) is 0. The number of esters is 1. The first-order valence-electron chi connectivity index (χ1n) is 5.82. The Kier molecular flexibility index (Phi) is 2.59.